The monoisotopic (exact) mass is 269 g/mol. The van der Waals surface area contributed by atoms with Crippen LogP contribution in [-0.2, 0) is 4.74 Å². The van der Waals surface area contributed by atoms with Crippen LogP contribution in [0.1, 0.15) is 40.0 Å². The SMILES string of the molecule is CN(C)C(=NCCC1CC(OC(C)(C)C)C1)N(C)C. The standard InChI is InChI=1S/C15H31N3O/c1-15(2,3)19-13-10-12(11-13)8-9-16-14(17(4)5)18(6)7/h12-13H,8-11H2,1-7H3. The van der Waals surface area contributed by atoms with Gasteiger partial charge in [0.1, 0.15) is 0 Å². The Morgan fingerprint density at radius 2 is 1.63 bits per heavy atom. The zero-order chi connectivity index (χ0) is 14.6. The molecule has 0 N–H and O–H groups in total. The van der Waals surface area contributed by atoms with Crippen molar-refractivity contribution in [2.24, 2.45) is 10.9 Å². The molecule has 1 aliphatic rings. The molecule has 0 heterocycles. The van der Waals surface area contributed by atoms with E-state index in [0.29, 0.717) is 6.10 Å². The van der Waals surface area contributed by atoms with Crippen molar-refractivity contribution in [1.82, 2.24) is 9.80 Å². The third-order valence-corrected chi connectivity index (χ3v) is 3.30. The van der Waals surface area contributed by atoms with E-state index in [0.717, 1.165) is 18.4 Å². The Morgan fingerprint density at radius 1 is 1.11 bits per heavy atom. The van der Waals surface area contributed by atoms with E-state index in [1.54, 1.807) is 0 Å². The van der Waals surface area contributed by atoms with E-state index >= 15 is 0 Å². The van der Waals surface area contributed by atoms with Gasteiger partial charge >= 0.3 is 0 Å². The van der Waals surface area contributed by atoms with Gasteiger partial charge in [0.2, 0.25) is 0 Å². The lowest BCUT2D eigenvalue weighted by Gasteiger charge is -2.39. The molecule has 0 bridgehead atoms. The molecule has 1 saturated carbocycles. The predicted octanol–water partition coefficient (Wildman–Crippen LogP) is 2.45. The van der Waals surface area contributed by atoms with Gasteiger partial charge in [-0.25, -0.2) is 0 Å². The average molecular weight is 269 g/mol. The zero-order valence-electron chi connectivity index (χ0n) is 13.7. The lowest BCUT2D eigenvalue weighted by atomic mass is 9.80. The fraction of sp³-hybridized carbons (Fsp3) is 0.933. The molecule has 0 aliphatic heterocycles. The van der Waals surface area contributed by atoms with E-state index in [-0.39, 0.29) is 5.60 Å². The summed E-state index contributed by atoms with van der Waals surface area (Å²) in [5.41, 5.74) is -0.00317. The second kappa shape index (κ2) is 6.60. The Hall–Kier alpha value is -0.770. The number of ether oxygens (including phenoxy) is 1. The van der Waals surface area contributed by atoms with Crippen LogP contribution in [0.15, 0.2) is 4.99 Å². The maximum absolute atomic E-state index is 5.96. The highest BCUT2D eigenvalue weighted by molar-refractivity contribution is 5.79. The fourth-order valence-electron chi connectivity index (χ4n) is 2.54. The van der Waals surface area contributed by atoms with E-state index in [4.69, 9.17) is 4.74 Å². The number of hydrogen-bond donors (Lipinski definition) is 0. The highest BCUT2D eigenvalue weighted by Crippen LogP contribution is 2.35. The van der Waals surface area contributed by atoms with Crippen molar-refractivity contribution >= 4 is 5.96 Å². The van der Waals surface area contributed by atoms with E-state index < -0.39 is 0 Å². The minimum Gasteiger partial charge on any atom is -0.373 e. The van der Waals surface area contributed by atoms with Gasteiger partial charge in [0.15, 0.2) is 5.96 Å². The van der Waals surface area contributed by atoms with Crippen LogP contribution in [0.4, 0.5) is 0 Å². The van der Waals surface area contributed by atoms with Crippen LogP contribution in [0.25, 0.3) is 0 Å². The first-order chi connectivity index (χ1) is 8.69. The van der Waals surface area contributed by atoms with E-state index in [1.807, 2.05) is 28.2 Å². The second-order valence-electron chi connectivity index (χ2n) is 6.95. The molecular formula is C15H31N3O. The summed E-state index contributed by atoms with van der Waals surface area (Å²) in [5.74, 6) is 1.84. The summed E-state index contributed by atoms with van der Waals surface area (Å²) in [6.07, 6.45) is 4.05. The number of rotatable bonds is 4. The first kappa shape index (κ1) is 16.3. The van der Waals surface area contributed by atoms with Crippen molar-refractivity contribution in [3.8, 4) is 0 Å². The van der Waals surface area contributed by atoms with Crippen LogP contribution < -0.4 is 0 Å². The van der Waals surface area contributed by atoms with Gasteiger partial charge in [-0.2, -0.15) is 0 Å². The molecule has 0 aromatic carbocycles. The summed E-state index contributed by atoms with van der Waals surface area (Å²) in [6.45, 7) is 7.31. The Bertz CT molecular complexity index is 289. The summed E-state index contributed by atoms with van der Waals surface area (Å²) in [4.78, 5) is 8.80. The van der Waals surface area contributed by atoms with E-state index in [9.17, 15) is 0 Å². The normalized spacial score (nSPS) is 22.7. The van der Waals surface area contributed by atoms with Crippen LogP contribution in [-0.4, -0.2) is 62.2 Å². The molecule has 0 unspecified atom stereocenters. The predicted molar refractivity (Wildman–Crippen MR) is 81.6 cm³/mol. The quantitative estimate of drug-likeness (QED) is 0.580. The van der Waals surface area contributed by atoms with Gasteiger partial charge in [-0.15, -0.1) is 0 Å². The minimum absolute atomic E-state index is 0.00317. The van der Waals surface area contributed by atoms with Gasteiger partial charge in [-0.3, -0.25) is 4.99 Å². The molecule has 0 saturated heterocycles. The van der Waals surface area contributed by atoms with Crippen molar-refractivity contribution in [2.45, 2.75) is 51.7 Å². The molecule has 1 fully saturated rings. The van der Waals surface area contributed by atoms with Gasteiger partial charge in [-0.1, -0.05) is 0 Å². The first-order valence-corrected chi connectivity index (χ1v) is 7.26. The third-order valence-electron chi connectivity index (χ3n) is 3.30. The molecule has 112 valence electrons. The van der Waals surface area contributed by atoms with Crippen molar-refractivity contribution < 1.29 is 4.74 Å². The maximum atomic E-state index is 5.96. The molecule has 0 aromatic heterocycles. The molecule has 0 aromatic rings. The van der Waals surface area contributed by atoms with E-state index in [2.05, 4.69) is 35.6 Å². The van der Waals surface area contributed by atoms with Crippen molar-refractivity contribution in [1.29, 1.82) is 0 Å². The minimum atomic E-state index is -0.00317. The number of nitrogens with zero attached hydrogens (tertiary/aromatic N) is 3. The fourth-order valence-corrected chi connectivity index (χ4v) is 2.54. The average Bonchev–Trinajstić information content (AvgIpc) is 2.16. The number of hydrogen-bond acceptors (Lipinski definition) is 2. The molecule has 1 rings (SSSR count). The summed E-state index contributed by atoms with van der Waals surface area (Å²) in [7, 11) is 8.15. The van der Waals surface area contributed by atoms with Crippen molar-refractivity contribution in [3.63, 3.8) is 0 Å². The second-order valence-corrected chi connectivity index (χ2v) is 6.95. The van der Waals surface area contributed by atoms with Gasteiger partial charge in [-0.05, 0) is 46.0 Å². The largest absolute Gasteiger partial charge is 0.373 e. The smallest absolute Gasteiger partial charge is 0.195 e. The molecular weight excluding hydrogens is 238 g/mol. The summed E-state index contributed by atoms with van der Waals surface area (Å²) in [6, 6.07) is 0. The first-order valence-electron chi connectivity index (χ1n) is 7.26. The maximum Gasteiger partial charge on any atom is 0.195 e. The molecule has 0 amide bonds. The van der Waals surface area contributed by atoms with E-state index in [1.165, 1.54) is 19.3 Å². The van der Waals surface area contributed by atoms with Gasteiger partial charge in [0, 0.05) is 34.7 Å². The van der Waals surface area contributed by atoms with Crippen molar-refractivity contribution in [3.05, 3.63) is 0 Å². The molecule has 19 heavy (non-hydrogen) atoms. The lowest BCUT2D eigenvalue weighted by Crippen LogP contribution is -2.38. The Balaban J connectivity index is 2.24. The topological polar surface area (TPSA) is 28.1 Å². The van der Waals surface area contributed by atoms with Crippen molar-refractivity contribution in [2.75, 3.05) is 34.7 Å². The molecule has 4 nitrogen and oxygen atoms in total. The Morgan fingerprint density at radius 3 is 2.05 bits per heavy atom. The summed E-state index contributed by atoms with van der Waals surface area (Å²) < 4.78 is 5.96. The van der Waals surface area contributed by atoms with Gasteiger partial charge < -0.3 is 14.5 Å². The van der Waals surface area contributed by atoms with Gasteiger partial charge in [0.05, 0.1) is 11.7 Å². The Kier molecular flexibility index (Phi) is 5.65. The third kappa shape index (κ3) is 5.81. The van der Waals surface area contributed by atoms with Crippen LogP contribution in [0.3, 0.4) is 0 Å². The molecule has 1 aliphatic carbocycles. The molecule has 0 atom stereocenters. The Labute approximate surface area is 118 Å². The number of aliphatic imine (C=N–C) groups is 1. The highest BCUT2D eigenvalue weighted by Gasteiger charge is 2.32. The van der Waals surface area contributed by atoms with Crippen LogP contribution in [0, 0.1) is 5.92 Å². The van der Waals surface area contributed by atoms with Crippen LogP contribution in [0.5, 0.6) is 0 Å². The van der Waals surface area contributed by atoms with Gasteiger partial charge in [0.25, 0.3) is 0 Å². The number of guanidine groups is 1. The summed E-state index contributed by atoms with van der Waals surface area (Å²) >= 11 is 0. The van der Waals surface area contributed by atoms with Crippen LogP contribution >= 0.6 is 0 Å². The molecule has 4 heteroatoms. The highest BCUT2D eigenvalue weighted by atomic mass is 16.5. The molecule has 0 spiro atoms. The lowest BCUT2D eigenvalue weighted by molar-refractivity contribution is -0.112. The van der Waals surface area contributed by atoms with Crippen LogP contribution in [0.2, 0.25) is 0 Å². The summed E-state index contributed by atoms with van der Waals surface area (Å²) in [5, 5.41) is 0. The zero-order valence-corrected chi connectivity index (χ0v) is 13.7. The molecule has 0 radical (unpaired) electrons.